The monoisotopic (exact) mass is 378 g/mol. The molecule has 0 saturated heterocycles. The largest absolute Gasteiger partial charge is 0.382 e. The summed E-state index contributed by atoms with van der Waals surface area (Å²) >= 11 is 0. The molecule has 0 aliphatic carbocycles. The maximum absolute atomic E-state index is 13.3. The molecule has 0 unspecified atom stereocenters. The van der Waals surface area contributed by atoms with Gasteiger partial charge in [-0.15, -0.1) is 0 Å². The van der Waals surface area contributed by atoms with Crippen molar-refractivity contribution in [3.8, 4) is 0 Å². The molecule has 1 aliphatic rings. The predicted molar refractivity (Wildman–Crippen MR) is 111 cm³/mol. The van der Waals surface area contributed by atoms with Gasteiger partial charge in [0.2, 0.25) is 0 Å². The fourth-order valence-corrected chi connectivity index (χ4v) is 3.43. The Kier molecular flexibility index (Phi) is 6.61. The highest BCUT2D eigenvalue weighted by atomic mass is 16.5. The molecule has 0 fully saturated rings. The van der Waals surface area contributed by atoms with Crippen LogP contribution >= 0.6 is 0 Å². The second-order valence-electron chi connectivity index (χ2n) is 6.48. The average Bonchev–Trinajstić information content (AvgIpc) is 2.98. The van der Waals surface area contributed by atoms with Gasteiger partial charge in [-0.25, -0.2) is 0 Å². The van der Waals surface area contributed by atoms with Gasteiger partial charge in [0.15, 0.2) is 0 Å². The summed E-state index contributed by atoms with van der Waals surface area (Å²) in [7, 11) is 0. The molecule has 3 rings (SSSR count). The number of para-hydroxylation sites is 1. The van der Waals surface area contributed by atoms with Gasteiger partial charge in [-0.05, 0) is 38.0 Å². The van der Waals surface area contributed by atoms with Crippen LogP contribution in [-0.2, 0) is 14.3 Å². The van der Waals surface area contributed by atoms with Gasteiger partial charge in [0.1, 0.15) is 5.70 Å². The Hall–Kier alpha value is -2.92. The van der Waals surface area contributed by atoms with Crippen molar-refractivity contribution in [2.75, 3.05) is 31.2 Å². The average molecular weight is 378 g/mol. The van der Waals surface area contributed by atoms with E-state index in [2.05, 4.69) is 0 Å². The lowest BCUT2D eigenvalue weighted by Crippen LogP contribution is -2.36. The van der Waals surface area contributed by atoms with E-state index in [0.29, 0.717) is 44.0 Å². The Morgan fingerprint density at radius 2 is 1.54 bits per heavy atom. The van der Waals surface area contributed by atoms with Crippen LogP contribution in [0.25, 0.3) is 5.57 Å². The van der Waals surface area contributed by atoms with Crippen LogP contribution in [0.4, 0.5) is 5.69 Å². The minimum absolute atomic E-state index is 0.239. The minimum Gasteiger partial charge on any atom is -0.382 e. The molecule has 0 saturated carbocycles. The molecule has 2 aromatic rings. The van der Waals surface area contributed by atoms with Crippen molar-refractivity contribution in [2.45, 2.75) is 20.3 Å². The second kappa shape index (κ2) is 9.33. The Morgan fingerprint density at radius 3 is 2.14 bits per heavy atom. The number of imide groups is 1. The summed E-state index contributed by atoms with van der Waals surface area (Å²) in [5.74, 6) is -0.483. The quantitative estimate of drug-likeness (QED) is 0.493. The fourth-order valence-electron chi connectivity index (χ4n) is 3.43. The number of anilines is 1. The topological polar surface area (TPSA) is 49.9 Å². The molecular weight excluding hydrogens is 352 g/mol. The van der Waals surface area contributed by atoms with E-state index in [4.69, 9.17) is 4.74 Å². The Balaban J connectivity index is 2.01. The number of hydrogen-bond donors (Lipinski definition) is 0. The molecule has 28 heavy (non-hydrogen) atoms. The van der Waals surface area contributed by atoms with Crippen LogP contribution in [0.3, 0.4) is 0 Å². The molecule has 5 nitrogen and oxygen atoms in total. The van der Waals surface area contributed by atoms with Crippen LogP contribution in [-0.4, -0.2) is 43.0 Å². The third-order valence-corrected chi connectivity index (χ3v) is 4.73. The van der Waals surface area contributed by atoms with Crippen LogP contribution in [0, 0.1) is 0 Å². The number of hydrogen-bond acceptors (Lipinski definition) is 4. The highest BCUT2D eigenvalue weighted by molar-refractivity contribution is 6.36. The summed E-state index contributed by atoms with van der Waals surface area (Å²) in [6.45, 7) is 6.00. The lowest BCUT2D eigenvalue weighted by atomic mass is 10.0. The standard InChI is InChI=1S/C23H26N2O3/c1-3-24(19-14-9-6-10-15-19)21-20(18-12-7-5-8-13-18)22(26)25(23(21)27)16-11-17-28-4-2/h5-10,12-15H,3-4,11,16-17H2,1-2H3. The molecule has 2 aromatic carbocycles. The van der Waals surface area contributed by atoms with Gasteiger partial charge in [0, 0.05) is 32.0 Å². The van der Waals surface area contributed by atoms with Crippen LogP contribution in [0.5, 0.6) is 0 Å². The van der Waals surface area contributed by atoms with E-state index in [-0.39, 0.29) is 11.8 Å². The summed E-state index contributed by atoms with van der Waals surface area (Å²) in [5, 5.41) is 0. The van der Waals surface area contributed by atoms with Gasteiger partial charge in [0.25, 0.3) is 11.8 Å². The Labute approximate surface area is 166 Å². The van der Waals surface area contributed by atoms with Crippen LogP contribution in [0.2, 0.25) is 0 Å². The summed E-state index contributed by atoms with van der Waals surface area (Å²) in [4.78, 5) is 29.8. The molecule has 0 aromatic heterocycles. The van der Waals surface area contributed by atoms with Crippen molar-refractivity contribution in [1.29, 1.82) is 0 Å². The van der Waals surface area contributed by atoms with E-state index in [1.54, 1.807) is 0 Å². The van der Waals surface area contributed by atoms with Crippen LogP contribution < -0.4 is 4.90 Å². The normalized spacial score (nSPS) is 14.1. The number of carbonyl (C=O) groups is 2. The van der Waals surface area contributed by atoms with Crippen LogP contribution in [0.15, 0.2) is 66.4 Å². The first-order valence-corrected chi connectivity index (χ1v) is 9.75. The minimum atomic E-state index is -0.244. The lowest BCUT2D eigenvalue weighted by Gasteiger charge is -2.25. The van der Waals surface area contributed by atoms with Gasteiger partial charge in [0.05, 0.1) is 5.57 Å². The van der Waals surface area contributed by atoms with E-state index in [1.165, 1.54) is 4.90 Å². The summed E-state index contributed by atoms with van der Waals surface area (Å²) < 4.78 is 5.37. The van der Waals surface area contributed by atoms with E-state index >= 15 is 0 Å². The maximum atomic E-state index is 13.3. The number of carbonyl (C=O) groups excluding carboxylic acids is 2. The van der Waals surface area contributed by atoms with Gasteiger partial charge >= 0.3 is 0 Å². The van der Waals surface area contributed by atoms with Crippen LogP contribution in [0.1, 0.15) is 25.8 Å². The van der Waals surface area contributed by atoms with Crippen molar-refractivity contribution in [2.24, 2.45) is 0 Å². The maximum Gasteiger partial charge on any atom is 0.278 e. The summed E-state index contributed by atoms with van der Waals surface area (Å²) in [6.07, 6.45) is 0.623. The summed E-state index contributed by atoms with van der Waals surface area (Å²) in [6, 6.07) is 19.1. The highest BCUT2D eigenvalue weighted by Crippen LogP contribution is 2.34. The van der Waals surface area contributed by atoms with Gasteiger partial charge < -0.3 is 9.64 Å². The number of amides is 2. The zero-order valence-electron chi connectivity index (χ0n) is 16.4. The van der Waals surface area contributed by atoms with Crippen molar-refractivity contribution in [3.05, 3.63) is 71.9 Å². The third kappa shape index (κ3) is 3.99. The van der Waals surface area contributed by atoms with Crippen molar-refractivity contribution in [1.82, 2.24) is 4.90 Å². The smallest absolute Gasteiger partial charge is 0.278 e. The van der Waals surface area contributed by atoms with Crippen molar-refractivity contribution in [3.63, 3.8) is 0 Å². The Morgan fingerprint density at radius 1 is 0.893 bits per heavy atom. The van der Waals surface area contributed by atoms with Crippen molar-refractivity contribution >= 4 is 23.1 Å². The molecule has 146 valence electrons. The van der Waals surface area contributed by atoms with E-state index in [9.17, 15) is 9.59 Å². The first-order valence-electron chi connectivity index (χ1n) is 9.75. The second-order valence-corrected chi connectivity index (χ2v) is 6.48. The number of nitrogens with zero attached hydrogens (tertiary/aromatic N) is 2. The van der Waals surface area contributed by atoms with E-state index in [1.807, 2.05) is 79.4 Å². The highest BCUT2D eigenvalue weighted by Gasteiger charge is 2.41. The lowest BCUT2D eigenvalue weighted by molar-refractivity contribution is -0.137. The molecule has 0 radical (unpaired) electrons. The number of ether oxygens (including phenoxy) is 1. The molecule has 0 N–H and O–H groups in total. The molecule has 0 bridgehead atoms. The first kappa shape index (κ1) is 19.8. The Bertz CT molecular complexity index is 847. The number of rotatable bonds is 9. The van der Waals surface area contributed by atoms with E-state index < -0.39 is 0 Å². The van der Waals surface area contributed by atoms with Gasteiger partial charge in [-0.2, -0.15) is 0 Å². The van der Waals surface area contributed by atoms with Gasteiger partial charge in [-0.3, -0.25) is 14.5 Å². The molecule has 0 atom stereocenters. The molecule has 1 heterocycles. The molecule has 1 aliphatic heterocycles. The number of benzene rings is 2. The van der Waals surface area contributed by atoms with Crippen molar-refractivity contribution < 1.29 is 14.3 Å². The molecule has 2 amide bonds. The third-order valence-electron chi connectivity index (χ3n) is 4.73. The van der Waals surface area contributed by atoms with Gasteiger partial charge in [-0.1, -0.05) is 48.5 Å². The van der Waals surface area contributed by atoms with E-state index in [0.717, 1.165) is 11.3 Å². The SMILES string of the molecule is CCOCCCN1C(=O)C(c2ccccc2)=C(N(CC)c2ccccc2)C1=O. The fraction of sp³-hybridized carbons (Fsp3) is 0.304. The molecule has 5 heteroatoms. The first-order chi connectivity index (χ1) is 13.7. The molecular formula is C23H26N2O3. The summed E-state index contributed by atoms with van der Waals surface area (Å²) in [5.41, 5.74) is 2.57. The zero-order chi connectivity index (χ0) is 19.9. The predicted octanol–water partition coefficient (Wildman–Crippen LogP) is 3.72. The zero-order valence-corrected chi connectivity index (χ0v) is 16.4. The molecule has 0 spiro atoms. The number of likely N-dealkylation sites (N-methyl/N-ethyl adjacent to an activating group) is 1.